The van der Waals surface area contributed by atoms with Gasteiger partial charge in [0, 0.05) is 5.69 Å². The molecule has 19 heavy (non-hydrogen) atoms. The summed E-state index contributed by atoms with van der Waals surface area (Å²) in [5.74, 6) is 1.19. The molecule has 0 spiro atoms. The van der Waals surface area contributed by atoms with Gasteiger partial charge >= 0.3 is 0 Å². The third-order valence-electron chi connectivity index (χ3n) is 2.49. The van der Waals surface area contributed by atoms with Crippen molar-refractivity contribution in [2.45, 2.75) is 13.5 Å². The molecule has 0 bridgehead atoms. The van der Waals surface area contributed by atoms with Crippen LogP contribution in [0.2, 0.25) is 0 Å². The Hall–Kier alpha value is -2.77. The summed E-state index contributed by atoms with van der Waals surface area (Å²) in [6, 6.07) is 7.69. The average molecular weight is 257 g/mol. The van der Waals surface area contributed by atoms with E-state index in [1.165, 1.54) is 0 Å². The Kier molecular flexibility index (Phi) is 2.89. The molecule has 1 N–H and O–H groups in total. The van der Waals surface area contributed by atoms with E-state index in [0.29, 0.717) is 18.3 Å². The number of nitrogens with zero attached hydrogens (tertiary/aromatic N) is 6. The summed E-state index contributed by atoms with van der Waals surface area (Å²) in [6.07, 6.45) is 1.55. The van der Waals surface area contributed by atoms with Crippen LogP contribution in [0.15, 0.2) is 35.1 Å². The van der Waals surface area contributed by atoms with E-state index in [9.17, 15) is 0 Å². The lowest BCUT2D eigenvalue weighted by Crippen LogP contribution is -2.00. The first-order valence-electron chi connectivity index (χ1n) is 5.68. The quantitative estimate of drug-likeness (QED) is 0.743. The number of anilines is 1. The van der Waals surface area contributed by atoms with E-state index in [0.717, 1.165) is 11.4 Å². The van der Waals surface area contributed by atoms with E-state index in [2.05, 4.69) is 31.0 Å². The zero-order valence-electron chi connectivity index (χ0n) is 10.2. The van der Waals surface area contributed by atoms with E-state index in [1.54, 1.807) is 17.9 Å². The van der Waals surface area contributed by atoms with Gasteiger partial charge in [0.2, 0.25) is 5.89 Å². The van der Waals surface area contributed by atoms with Gasteiger partial charge in [0.1, 0.15) is 6.33 Å². The van der Waals surface area contributed by atoms with Gasteiger partial charge in [0.05, 0.1) is 12.2 Å². The number of tetrazole rings is 1. The third kappa shape index (κ3) is 2.57. The summed E-state index contributed by atoms with van der Waals surface area (Å²) in [7, 11) is 0. The minimum atomic E-state index is 0.491. The van der Waals surface area contributed by atoms with Gasteiger partial charge in [-0.2, -0.15) is 4.98 Å². The predicted octanol–water partition coefficient (Wildman–Crippen LogP) is 0.966. The molecule has 8 nitrogen and oxygen atoms in total. The number of nitrogens with one attached hydrogen (secondary N) is 1. The molecule has 0 saturated heterocycles. The van der Waals surface area contributed by atoms with Gasteiger partial charge in [-0.1, -0.05) is 5.16 Å². The highest BCUT2D eigenvalue weighted by Gasteiger charge is 2.02. The van der Waals surface area contributed by atoms with Crippen LogP contribution < -0.4 is 5.32 Å². The van der Waals surface area contributed by atoms with E-state index >= 15 is 0 Å². The first kappa shape index (κ1) is 11.3. The van der Waals surface area contributed by atoms with Gasteiger partial charge < -0.3 is 9.84 Å². The second-order valence-electron chi connectivity index (χ2n) is 3.89. The highest BCUT2D eigenvalue weighted by atomic mass is 16.5. The van der Waals surface area contributed by atoms with Gasteiger partial charge in [-0.05, 0) is 41.6 Å². The monoisotopic (exact) mass is 257 g/mol. The van der Waals surface area contributed by atoms with Gasteiger partial charge in [-0.3, -0.25) is 0 Å². The number of benzene rings is 1. The fraction of sp³-hybridized carbons (Fsp3) is 0.182. The molecule has 0 saturated carbocycles. The Morgan fingerprint density at radius 2 is 2.11 bits per heavy atom. The Labute approximate surface area is 108 Å². The molecule has 0 unspecified atom stereocenters. The Bertz CT molecular complexity index is 644. The number of aryl methyl sites for hydroxylation is 1. The fourth-order valence-corrected chi connectivity index (χ4v) is 1.60. The average Bonchev–Trinajstić information content (AvgIpc) is 3.08. The standard InChI is InChI=1S/C11H11N7O/c1-8-14-11(19-15-8)6-12-9-2-4-10(5-3-9)18-7-13-16-17-18/h2-5,7,12H,6H2,1H3. The van der Waals surface area contributed by atoms with Crippen LogP contribution in [0.3, 0.4) is 0 Å². The summed E-state index contributed by atoms with van der Waals surface area (Å²) in [5.41, 5.74) is 1.84. The van der Waals surface area contributed by atoms with E-state index in [1.807, 2.05) is 24.3 Å². The molecule has 3 aromatic rings. The molecular weight excluding hydrogens is 246 g/mol. The van der Waals surface area contributed by atoms with Gasteiger partial charge in [-0.25, -0.2) is 4.68 Å². The summed E-state index contributed by atoms with van der Waals surface area (Å²) in [6.45, 7) is 2.28. The zero-order chi connectivity index (χ0) is 13.1. The predicted molar refractivity (Wildman–Crippen MR) is 65.5 cm³/mol. The van der Waals surface area contributed by atoms with Crippen molar-refractivity contribution in [1.29, 1.82) is 0 Å². The van der Waals surface area contributed by atoms with E-state index in [-0.39, 0.29) is 0 Å². The summed E-state index contributed by atoms with van der Waals surface area (Å²) >= 11 is 0. The normalized spacial score (nSPS) is 10.6. The summed E-state index contributed by atoms with van der Waals surface area (Å²) in [4.78, 5) is 4.11. The molecular formula is C11H11N7O. The number of hydrogen-bond donors (Lipinski definition) is 1. The van der Waals surface area contributed by atoms with Crippen molar-refractivity contribution in [3.8, 4) is 5.69 Å². The second-order valence-corrected chi connectivity index (χ2v) is 3.89. The van der Waals surface area contributed by atoms with E-state index < -0.39 is 0 Å². The van der Waals surface area contributed by atoms with Crippen molar-refractivity contribution in [3.63, 3.8) is 0 Å². The topological polar surface area (TPSA) is 94.6 Å². The van der Waals surface area contributed by atoms with Crippen LogP contribution >= 0.6 is 0 Å². The molecule has 0 radical (unpaired) electrons. The van der Waals surface area contributed by atoms with Crippen LogP contribution in [0.25, 0.3) is 5.69 Å². The molecule has 3 rings (SSSR count). The molecule has 2 aromatic heterocycles. The number of rotatable bonds is 4. The molecule has 8 heteroatoms. The number of hydrogen-bond acceptors (Lipinski definition) is 7. The van der Waals surface area contributed by atoms with Crippen molar-refractivity contribution in [1.82, 2.24) is 30.3 Å². The van der Waals surface area contributed by atoms with Crippen LogP contribution in [-0.2, 0) is 6.54 Å². The fourth-order valence-electron chi connectivity index (χ4n) is 1.60. The first-order valence-corrected chi connectivity index (χ1v) is 5.68. The Balaban J connectivity index is 1.66. The Morgan fingerprint density at radius 3 is 2.74 bits per heavy atom. The molecule has 0 fully saturated rings. The van der Waals surface area contributed by atoms with Crippen molar-refractivity contribution in [2.24, 2.45) is 0 Å². The second kappa shape index (κ2) is 4.84. The van der Waals surface area contributed by atoms with Crippen LogP contribution in [0.1, 0.15) is 11.7 Å². The minimum Gasteiger partial charge on any atom is -0.376 e. The molecule has 96 valence electrons. The smallest absolute Gasteiger partial charge is 0.245 e. The largest absolute Gasteiger partial charge is 0.376 e. The van der Waals surface area contributed by atoms with Crippen LogP contribution in [0, 0.1) is 6.92 Å². The van der Waals surface area contributed by atoms with Gasteiger partial charge in [0.25, 0.3) is 0 Å². The lowest BCUT2D eigenvalue weighted by Gasteiger charge is -2.04. The van der Waals surface area contributed by atoms with Crippen LogP contribution in [0.4, 0.5) is 5.69 Å². The lowest BCUT2D eigenvalue weighted by atomic mass is 10.3. The summed E-state index contributed by atoms with van der Waals surface area (Å²) < 4.78 is 6.60. The summed E-state index contributed by atoms with van der Waals surface area (Å²) in [5, 5.41) is 17.9. The minimum absolute atomic E-state index is 0.491. The Morgan fingerprint density at radius 1 is 1.26 bits per heavy atom. The maximum atomic E-state index is 5.01. The molecule has 2 heterocycles. The third-order valence-corrected chi connectivity index (χ3v) is 2.49. The first-order chi connectivity index (χ1) is 9.31. The number of aromatic nitrogens is 6. The van der Waals surface area contributed by atoms with Crippen LogP contribution in [0.5, 0.6) is 0 Å². The van der Waals surface area contributed by atoms with Crippen molar-refractivity contribution >= 4 is 5.69 Å². The van der Waals surface area contributed by atoms with Crippen molar-refractivity contribution in [2.75, 3.05) is 5.32 Å². The lowest BCUT2D eigenvalue weighted by molar-refractivity contribution is 0.379. The molecule has 0 aliphatic rings. The molecule has 0 amide bonds. The van der Waals surface area contributed by atoms with Gasteiger partial charge in [0.15, 0.2) is 5.82 Å². The van der Waals surface area contributed by atoms with Crippen LogP contribution in [-0.4, -0.2) is 30.3 Å². The van der Waals surface area contributed by atoms with Gasteiger partial charge in [-0.15, -0.1) is 5.10 Å². The molecule has 0 aliphatic heterocycles. The maximum Gasteiger partial charge on any atom is 0.245 e. The highest BCUT2D eigenvalue weighted by molar-refractivity contribution is 5.48. The molecule has 1 aromatic carbocycles. The highest BCUT2D eigenvalue weighted by Crippen LogP contribution is 2.12. The molecule has 0 aliphatic carbocycles. The van der Waals surface area contributed by atoms with E-state index in [4.69, 9.17) is 4.52 Å². The SMILES string of the molecule is Cc1noc(CNc2ccc(-n3cnnn3)cc2)n1. The van der Waals surface area contributed by atoms with Crippen molar-refractivity contribution in [3.05, 3.63) is 42.3 Å². The maximum absolute atomic E-state index is 5.01. The molecule has 0 atom stereocenters. The van der Waals surface area contributed by atoms with Crippen molar-refractivity contribution < 1.29 is 4.52 Å². The zero-order valence-corrected chi connectivity index (χ0v) is 10.2.